The summed E-state index contributed by atoms with van der Waals surface area (Å²) in [6, 6.07) is 9.34. The van der Waals surface area contributed by atoms with E-state index in [1.165, 1.54) is 12.1 Å². The number of aromatic nitrogens is 2. The zero-order valence-electron chi connectivity index (χ0n) is 11.5. The highest BCUT2D eigenvalue weighted by atomic mass is 32.1. The first-order valence-corrected chi connectivity index (χ1v) is 7.25. The quantitative estimate of drug-likeness (QED) is 0.445. The second-order valence-electron chi connectivity index (χ2n) is 4.50. The van der Waals surface area contributed by atoms with Gasteiger partial charge in [-0.2, -0.15) is 0 Å². The average Bonchev–Trinajstić information content (AvgIpc) is 3.03. The van der Waals surface area contributed by atoms with Crippen molar-refractivity contribution in [3.8, 4) is 0 Å². The highest BCUT2D eigenvalue weighted by Crippen LogP contribution is 2.24. The topological polar surface area (TPSA) is 115 Å². The first-order chi connectivity index (χ1) is 11.0. The molecule has 1 N–H and O–H groups in total. The van der Waals surface area contributed by atoms with Crippen LogP contribution in [0.4, 0.5) is 5.00 Å². The van der Waals surface area contributed by atoms with Crippen LogP contribution in [0.2, 0.25) is 0 Å². The SMILES string of the molecule is O=C(OCc1nc2ccccc2c(=O)[nH]1)c1ccc([N+](=O)[O-])s1. The van der Waals surface area contributed by atoms with Gasteiger partial charge in [-0.15, -0.1) is 0 Å². The molecule has 116 valence electrons. The number of carbonyl (C=O) groups is 1. The lowest BCUT2D eigenvalue weighted by Gasteiger charge is -2.04. The molecule has 0 saturated carbocycles. The van der Waals surface area contributed by atoms with E-state index >= 15 is 0 Å². The van der Waals surface area contributed by atoms with Gasteiger partial charge in [-0.1, -0.05) is 23.5 Å². The maximum atomic E-state index is 11.9. The van der Waals surface area contributed by atoms with Crippen LogP contribution >= 0.6 is 11.3 Å². The Balaban J connectivity index is 1.76. The number of fused-ring (bicyclic) bond motifs is 1. The van der Waals surface area contributed by atoms with E-state index in [1.54, 1.807) is 24.3 Å². The molecule has 1 aromatic carbocycles. The Labute approximate surface area is 132 Å². The van der Waals surface area contributed by atoms with Gasteiger partial charge in [-0.3, -0.25) is 14.9 Å². The van der Waals surface area contributed by atoms with Gasteiger partial charge in [-0.05, 0) is 18.2 Å². The number of nitrogens with one attached hydrogen (secondary N) is 1. The molecule has 3 rings (SSSR count). The van der Waals surface area contributed by atoms with Crippen LogP contribution in [-0.4, -0.2) is 20.9 Å². The number of nitrogens with zero attached hydrogens (tertiary/aromatic N) is 2. The van der Waals surface area contributed by atoms with Crippen molar-refractivity contribution in [3.63, 3.8) is 0 Å². The van der Waals surface area contributed by atoms with Crippen molar-refractivity contribution in [3.05, 3.63) is 67.6 Å². The third kappa shape index (κ3) is 3.09. The number of aromatic amines is 1. The van der Waals surface area contributed by atoms with Gasteiger partial charge >= 0.3 is 11.0 Å². The van der Waals surface area contributed by atoms with Gasteiger partial charge < -0.3 is 9.72 Å². The van der Waals surface area contributed by atoms with Gasteiger partial charge in [0.1, 0.15) is 17.3 Å². The predicted octanol–water partition coefficient (Wildman–Crippen LogP) is 2.25. The monoisotopic (exact) mass is 331 g/mol. The Hall–Kier alpha value is -3.07. The summed E-state index contributed by atoms with van der Waals surface area (Å²) in [6.07, 6.45) is 0. The van der Waals surface area contributed by atoms with Gasteiger partial charge in [0.15, 0.2) is 0 Å². The lowest BCUT2D eigenvalue weighted by molar-refractivity contribution is -0.380. The van der Waals surface area contributed by atoms with Crippen LogP contribution in [-0.2, 0) is 11.3 Å². The Morgan fingerprint density at radius 3 is 2.83 bits per heavy atom. The number of rotatable bonds is 4. The van der Waals surface area contributed by atoms with E-state index in [2.05, 4.69) is 9.97 Å². The molecule has 23 heavy (non-hydrogen) atoms. The predicted molar refractivity (Wildman–Crippen MR) is 82.5 cm³/mol. The third-order valence-corrected chi connectivity index (χ3v) is 3.99. The largest absolute Gasteiger partial charge is 0.453 e. The second kappa shape index (κ2) is 5.97. The van der Waals surface area contributed by atoms with Crippen LogP contribution < -0.4 is 5.56 Å². The van der Waals surface area contributed by atoms with Crippen LogP contribution in [0, 0.1) is 10.1 Å². The first-order valence-electron chi connectivity index (χ1n) is 6.44. The molecule has 0 fully saturated rings. The Kier molecular flexibility index (Phi) is 3.85. The van der Waals surface area contributed by atoms with Crippen molar-refractivity contribution in [2.24, 2.45) is 0 Å². The highest BCUT2D eigenvalue weighted by Gasteiger charge is 2.17. The number of esters is 1. The Morgan fingerprint density at radius 2 is 2.09 bits per heavy atom. The molecule has 0 atom stereocenters. The number of hydrogen-bond acceptors (Lipinski definition) is 7. The summed E-state index contributed by atoms with van der Waals surface area (Å²) in [5.41, 5.74) is 0.169. The number of para-hydroxylation sites is 1. The molecular formula is C14H9N3O5S. The van der Waals surface area contributed by atoms with E-state index in [4.69, 9.17) is 4.74 Å². The van der Waals surface area contributed by atoms with Crippen LogP contribution in [0.5, 0.6) is 0 Å². The van der Waals surface area contributed by atoms with Crippen molar-refractivity contribution in [1.29, 1.82) is 0 Å². The number of H-pyrrole nitrogens is 1. The fourth-order valence-electron chi connectivity index (χ4n) is 1.94. The van der Waals surface area contributed by atoms with Gasteiger partial charge in [-0.25, -0.2) is 9.78 Å². The molecule has 0 aliphatic rings. The molecule has 2 heterocycles. The Bertz CT molecular complexity index is 962. The van der Waals surface area contributed by atoms with Crippen molar-refractivity contribution in [2.75, 3.05) is 0 Å². The molecule has 0 bridgehead atoms. The van der Waals surface area contributed by atoms with Gasteiger partial charge in [0, 0.05) is 6.07 Å². The summed E-state index contributed by atoms with van der Waals surface area (Å²) in [5, 5.41) is 10.9. The normalized spacial score (nSPS) is 10.6. The minimum absolute atomic E-state index is 0.111. The molecule has 3 aromatic rings. The van der Waals surface area contributed by atoms with Gasteiger partial charge in [0.05, 0.1) is 15.8 Å². The van der Waals surface area contributed by atoms with Gasteiger partial charge in [0.25, 0.3) is 5.56 Å². The van der Waals surface area contributed by atoms with E-state index < -0.39 is 10.9 Å². The molecule has 8 nitrogen and oxygen atoms in total. The zero-order chi connectivity index (χ0) is 16.4. The summed E-state index contributed by atoms with van der Waals surface area (Å²) in [7, 11) is 0. The minimum atomic E-state index is -0.709. The smallest absolute Gasteiger partial charge is 0.348 e. The molecule has 2 aromatic heterocycles. The number of carbonyl (C=O) groups excluding carboxylic acids is 1. The van der Waals surface area contributed by atoms with Crippen LogP contribution in [0.25, 0.3) is 10.9 Å². The molecular weight excluding hydrogens is 322 g/mol. The fourth-order valence-corrected chi connectivity index (χ4v) is 2.66. The molecule has 0 unspecified atom stereocenters. The molecule has 9 heteroatoms. The second-order valence-corrected chi connectivity index (χ2v) is 5.56. The summed E-state index contributed by atoms with van der Waals surface area (Å²) >= 11 is 0.724. The van der Waals surface area contributed by atoms with E-state index in [0.29, 0.717) is 10.9 Å². The number of ether oxygens (including phenoxy) is 1. The number of thiophene rings is 1. The number of hydrogen-bond donors (Lipinski definition) is 1. The molecule has 0 aliphatic carbocycles. The summed E-state index contributed by atoms with van der Waals surface area (Å²) in [6.45, 7) is -0.232. The Morgan fingerprint density at radius 1 is 1.30 bits per heavy atom. The number of nitro groups is 1. The van der Waals surface area contributed by atoms with Crippen molar-refractivity contribution in [2.45, 2.75) is 6.61 Å². The molecule has 0 aliphatic heterocycles. The molecule has 0 saturated heterocycles. The average molecular weight is 331 g/mol. The maximum absolute atomic E-state index is 11.9. The summed E-state index contributed by atoms with van der Waals surface area (Å²) in [5.74, 6) is -0.507. The minimum Gasteiger partial charge on any atom is -0.453 e. The van der Waals surface area contributed by atoms with E-state index in [-0.39, 0.29) is 27.9 Å². The maximum Gasteiger partial charge on any atom is 0.348 e. The lowest BCUT2D eigenvalue weighted by atomic mass is 10.2. The number of benzene rings is 1. The standard InChI is InChI=1S/C14H9N3O5S/c18-13-8-3-1-2-4-9(8)15-11(16-13)7-22-14(19)10-5-6-12(23-10)17(20)21/h1-6H,7H2,(H,15,16,18). The van der Waals surface area contributed by atoms with E-state index in [9.17, 15) is 19.7 Å². The zero-order valence-corrected chi connectivity index (χ0v) is 12.3. The van der Waals surface area contributed by atoms with Crippen molar-refractivity contribution in [1.82, 2.24) is 9.97 Å². The molecule has 0 spiro atoms. The molecule has 0 amide bonds. The van der Waals surface area contributed by atoms with Crippen molar-refractivity contribution < 1.29 is 14.5 Å². The molecule has 0 radical (unpaired) electrons. The first kappa shape index (κ1) is 14.9. The summed E-state index contributed by atoms with van der Waals surface area (Å²) in [4.78, 5) is 40.6. The van der Waals surface area contributed by atoms with Gasteiger partial charge in [0.2, 0.25) is 0 Å². The van der Waals surface area contributed by atoms with Crippen LogP contribution in [0.15, 0.2) is 41.2 Å². The van der Waals surface area contributed by atoms with Crippen molar-refractivity contribution >= 4 is 33.2 Å². The summed E-state index contributed by atoms with van der Waals surface area (Å²) < 4.78 is 5.03. The highest BCUT2D eigenvalue weighted by molar-refractivity contribution is 7.17. The fraction of sp³-hybridized carbons (Fsp3) is 0.0714. The lowest BCUT2D eigenvalue weighted by Crippen LogP contribution is -2.14. The van der Waals surface area contributed by atoms with E-state index in [1.807, 2.05) is 0 Å². The van der Waals surface area contributed by atoms with Crippen LogP contribution in [0.1, 0.15) is 15.5 Å². The third-order valence-electron chi connectivity index (χ3n) is 2.97. The van der Waals surface area contributed by atoms with E-state index in [0.717, 1.165) is 11.3 Å². The van der Waals surface area contributed by atoms with Crippen LogP contribution in [0.3, 0.4) is 0 Å².